The van der Waals surface area contributed by atoms with E-state index in [1.807, 2.05) is 0 Å². The van der Waals surface area contributed by atoms with Crippen LogP contribution in [0, 0.1) is 17.5 Å². The molecule has 0 fully saturated rings. The molecule has 0 aliphatic carbocycles. The van der Waals surface area contributed by atoms with E-state index in [9.17, 15) is 13.2 Å². The Labute approximate surface area is 108 Å². The molecule has 0 spiro atoms. The maximum Gasteiger partial charge on any atom is 0.193 e. The molecule has 17 heavy (non-hydrogen) atoms. The van der Waals surface area contributed by atoms with E-state index in [-0.39, 0.29) is 16.5 Å². The number of hydrogen-bond donors (Lipinski definition) is 0. The van der Waals surface area contributed by atoms with E-state index in [2.05, 4.69) is 15.9 Å². The summed E-state index contributed by atoms with van der Waals surface area (Å²) in [5.74, 6) is -2.71. The summed E-state index contributed by atoms with van der Waals surface area (Å²) in [6.07, 6.45) is 0. The van der Waals surface area contributed by atoms with E-state index < -0.39 is 22.3 Å². The predicted octanol–water partition coefficient (Wildman–Crippen LogP) is 4.83. The van der Waals surface area contributed by atoms with E-state index in [4.69, 9.17) is 16.0 Å². The molecule has 0 saturated heterocycles. The van der Waals surface area contributed by atoms with Crippen LogP contribution in [0.2, 0.25) is 5.22 Å². The van der Waals surface area contributed by atoms with Crippen molar-refractivity contribution in [3.05, 3.63) is 58.3 Å². The molecule has 90 valence electrons. The van der Waals surface area contributed by atoms with Crippen molar-refractivity contribution in [2.24, 2.45) is 0 Å². The summed E-state index contributed by atoms with van der Waals surface area (Å²) in [4.78, 5) is -0.865. The van der Waals surface area contributed by atoms with E-state index in [1.165, 1.54) is 12.1 Å². The highest BCUT2D eigenvalue weighted by atomic mass is 79.9. The van der Waals surface area contributed by atoms with E-state index in [1.54, 1.807) is 0 Å². The lowest BCUT2D eigenvalue weighted by Crippen LogP contribution is -2.00. The standard InChI is InChI=1S/C11H5BrClF3O/c12-11(8-1-2-9(13)17-8)10-6(15)3-5(14)4-7(10)16/h1-4,11H. The van der Waals surface area contributed by atoms with Gasteiger partial charge in [-0.25, -0.2) is 13.2 Å². The minimum absolute atomic E-state index is 0.104. The molecular weight excluding hydrogens is 320 g/mol. The lowest BCUT2D eigenvalue weighted by Gasteiger charge is -2.09. The fourth-order valence-electron chi connectivity index (χ4n) is 1.40. The highest BCUT2D eigenvalue weighted by Gasteiger charge is 2.23. The van der Waals surface area contributed by atoms with Gasteiger partial charge < -0.3 is 4.42 Å². The number of benzene rings is 1. The second kappa shape index (κ2) is 4.74. The molecule has 1 aromatic heterocycles. The largest absolute Gasteiger partial charge is 0.448 e. The molecule has 0 N–H and O–H groups in total. The number of furan rings is 1. The molecule has 0 saturated carbocycles. The fourth-order valence-corrected chi connectivity index (χ4v) is 2.24. The third-order valence-corrected chi connectivity index (χ3v) is 3.25. The third-order valence-electron chi connectivity index (χ3n) is 2.14. The van der Waals surface area contributed by atoms with Crippen molar-refractivity contribution in [1.82, 2.24) is 0 Å². The molecule has 1 heterocycles. The van der Waals surface area contributed by atoms with Crippen LogP contribution in [0.1, 0.15) is 16.2 Å². The lowest BCUT2D eigenvalue weighted by molar-refractivity contribution is 0.494. The van der Waals surface area contributed by atoms with Crippen LogP contribution in [0.4, 0.5) is 13.2 Å². The van der Waals surface area contributed by atoms with Crippen LogP contribution in [0.15, 0.2) is 28.7 Å². The Kier molecular flexibility index (Phi) is 3.49. The quantitative estimate of drug-likeness (QED) is 0.721. The van der Waals surface area contributed by atoms with E-state index in [0.29, 0.717) is 12.1 Å². The fraction of sp³-hybridized carbons (Fsp3) is 0.0909. The minimum Gasteiger partial charge on any atom is -0.448 e. The van der Waals surface area contributed by atoms with Crippen LogP contribution in [-0.2, 0) is 0 Å². The van der Waals surface area contributed by atoms with Gasteiger partial charge in [-0.05, 0) is 23.7 Å². The van der Waals surface area contributed by atoms with E-state index in [0.717, 1.165) is 0 Å². The topological polar surface area (TPSA) is 13.1 Å². The molecule has 1 atom stereocenters. The zero-order valence-electron chi connectivity index (χ0n) is 8.18. The van der Waals surface area contributed by atoms with Crippen molar-refractivity contribution in [2.45, 2.75) is 4.83 Å². The Morgan fingerprint density at radius 2 is 1.71 bits per heavy atom. The van der Waals surface area contributed by atoms with Crippen LogP contribution in [0.25, 0.3) is 0 Å². The van der Waals surface area contributed by atoms with Gasteiger partial charge in [0.2, 0.25) is 0 Å². The van der Waals surface area contributed by atoms with Gasteiger partial charge >= 0.3 is 0 Å². The van der Waals surface area contributed by atoms with Crippen molar-refractivity contribution in [3.63, 3.8) is 0 Å². The molecule has 1 nitrogen and oxygen atoms in total. The molecule has 1 unspecified atom stereocenters. The number of hydrogen-bond acceptors (Lipinski definition) is 1. The summed E-state index contributed by atoms with van der Waals surface area (Å²) in [6.45, 7) is 0. The van der Waals surface area contributed by atoms with Gasteiger partial charge in [-0.2, -0.15) is 0 Å². The van der Waals surface area contributed by atoms with Gasteiger partial charge in [0.1, 0.15) is 28.0 Å². The molecule has 0 aliphatic heterocycles. The van der Waals surface area contributed by atoms with Crippen molar-refractivity contribution in [2.75, 3.05) is 0 Å². The summed E-state index contributed by atoms with van der Waals surface area (Å²) in [5, 5.41) is 0.104. The molecule has 6 heteroatoms. The second-order valence-corrected chi connectivity index (χ2v) is 4.58. The predicted molar refractivity (Wildman–Crippen MR) is 60.8 cm³/mol. The number of rotatable bonds is 2. The van der Waals surface area contributed by atoms with Crippen molar-refractivity contribution in [1.29, 1.82) is 0 Å². The summed E-state index contributed by atoms with van der Waals surface area (Å²) >= 11 is 8.64. The number of alkyl halides is 1. The normalized spacial score (nSPS) is 12.8. The smallest absolute Gasteiger partial charge is 0.193 e. The Hall–Kier alpha value is -0.940. The number of halogens is 5. The SMILES string of the molecule is Fc1cc(F)c(C(Br)c2ccc(Cl)o2)c(F)c1. The van der Waals surface area contributed by atoms with Gasteiger partial charge in [0.15, 0.2) is 5.22 Å². The van der Waals surface area contributed by atoms with Crippen LogP contribution >= 0.6 is 27.5 Å². The monoisotopic (exact) mass is 324 g/mol. The van der Waals surface area contributed by atoms with Gasteiger partial charge in [0, 0.05) is 17.7 Å². The van der Waals surface area contributed by atoms with Crippen LogP contribution in [-0.4, -0.2) is 0 Å². The van der Waals surface area contributed by atoms with Crippen LogP contribution in [0.5, 0.6) is 0 Å². The maximum atomic E-state index is 13.5. The van der Waals surface area contributed by atoms with Crippen LogP contribution in [0.3, 0.4) is 0 Å². The summed E-state index contributed by atoms with van der Waals surface area (Å²) in [6, 6.07) is 4.14. The Morgan fingerprint density at radius 1 is 1.12 bits per heavy atom. The van der Waals surface area contributed by atoms with Crippen molar-refractivity contribution in [3.8, 4) is 0 Å². The second-order valence-electron chi connectivity index (χ2n) is 3.29. The Bertz CT molecular complexity index is 532. The van der Waals surface area contributed by atoms with E-state index >= 15 is 0 Å². The zero-order valence-corrected chi connectivity index (χ0v) is 10.5. The van der Waals surface area contributed by atoms with Gasteiger partial charge in [-0.15, -0.1) is 0 Å². The molecular formula is C11H5BrClF3O. The highest BCUT2D eigenvalue weighted by Crippen LogP contribution is 2.36. The van der Waals surface area contributed by atoms with Gasteiger partial charge in [0.25, 0.3) is 0 Å². The zero-order chi connectivity index (χ0) is 12.6. The molecule has 0 radical (unpaired) electrons. The Balaban J connectivity index is 2.47. The van der Waals surface area contributed by atoms with Crippen molar-refractivity contribution < 1.29 is 17.6 Å². The average Bonchev–Trinajstić information content (AvgIpc) is 2.63. The molecule has 0 amide bonds. The first kappa shape index (κ1) is 12.5. The molecule has 1 aromatic carbocycles. The van der Waals surface area contributed by atoms with Crippen LogP contribution < -0.4 is 0 Å². The molecule has 2 aromatic rings. The van der Waals surface area contributed by atoms with Gasteiger partial charge in [-0.3, -0.25) is 0 Å². The van der Waals surface area contributed by atoms with Crippen molar-refractivity contribution >= 4 is 27.5 Å². The summed E-state index contributed by atoms with van der Waals surface area (Å²) < 4.78 is 44.7. The summed E-state index contributed by atoms with van der Waals surface area (Å²) in [7, 11) is 0. The Morgan fingerprint density at radius 3 is 2.18 bits per heavy atom. The van der Waals surface area contributed by atoms with Gasteiger partial charge in [-0.1, -0.05) is 15.9 Å². The first-order valence-electron chi connectivity index (χ1n) is 4.53. The molecule has 0 bridgehead atoms. The first-order valence-corrected chi connectivity index (χ1v) is 5.82. The first-order chi connectivity index (χ1) is 7.99. The lowest BCUT2D eigenvalue weighted by atomic mass is 10.1. The third kappa shape index (κ3) is 2.50. The summed E-state index contributed by atoms with van der Waals surface area (Å²) in [5.41, 5.74) is -0.322. The van der Waals surface area contributed by atoms with Gasteiger partial charge in [0.05, 0.1) is 0 Å². The highest BCUT2D eigenvalue weighted by molar-refractivity contribution is 9.09. The minimum atomic E-state index is -0.989. The average molecular weight is 326 g/mol. The molecule has 0 aliphatic rings. The molecule has 2 rings (SSSR count). The maximum absolute atomic E-state index is 13.5.